The second-order valence-corrected chi connectivity index (χ2v) is 5.54. The van der Waals surface area contributed by atoms with E-state index in [1.807, 2.05) is 0 Å². The zero-order chi connectivity index (χ0) is 13.0. The molecule has 3 N–H and O–H groups in total. The highest BCUT2D eigenvalue weighted by atomic mass is 16.3. The van der Waals surface area contributed by atoms with Crippen molar-refractivity contribution in [2.75, 3.05) is 13.1 Å². The summed E-state index contributed by atoms with van der Waals surface area (Å²) in [5.41, 5.74) is -0.716. The molecule has 0 aromatic carbocycles. The fourth-order valence-electron chi connectivity index (χ4n) is 2.74. The van der Waals surface area contributed by atoms with Crippen LogP contribution in [0.1, 0.15) is 44.9 Å². The largest absolute Gasteiger partial charge is 0.388 e. The number of nitrogens with one attached hydrogen (secondary N) is 2. The van der Waals surface area contributed by atoms with Gasteiger partial charge in [-0.3, -0.25) is 9.59 Å². The zero-order valence-corrected chi connectivity index (χ0v) is 10.7. The Morgan fingerprint density at radius 2 is 2.11 bits per heavy atom. The van der Waals surface area contributed by atoms with Crippen molar-refractivity contribution in [3.63, 3.8) is 0 Å². The first kappa shape index (κ1) is 13.3. The normalized spacial score (nSPS) is 27.4. The van der Waals surface area contributed by atoms with Gasteiger partial charge in [0.2, 0.25) is 11.8 Å². The molecule has 0 aromatic heterocycles. The van der Waals surface area contributed by atoms with Crippen molar-refractivity contribution in [2.45, 2.75) is 50.5 Å². The van der Waals surface area contributed by atoms with Gasteiger partial charge in [0.15, 0.2) is 0 Å². The molecule has 0 spiro atoms. The zero-order valence-electron chi connectivity index (χ0n) is 10.7. The second-order valence-electron chi connectivity index (χ2n) is 5.54. The van der Waals surface area contributed by atoms with Gasteiger partial charge in [0, 0.05) is 19.5 Å². The lowest BCUT2D eigenvalue weighted by atomic mass is 9.84. The van der Waals surface area contributed by atoms with E-state index in [1.54, 1.807) is 0 Å². The van der Waals surface area contributed by atoms with E-state index in [2.05, 4.69) is 10.6 Å². The molecular weight excluding hydrogens is 232 g/mol. The lowest BCUT2D eigenvalue weighted by molar-refractivity contribution is -0.130. The van der Waals surface area contributed by atoms with E-state index >= 15 is 0 Å². The van der Waals surface area contributed by atoms with Crippen LogP contribution in [0.2, 0.25) is 0 Å². The van der Waals surface area contributed by atoms with Crippen molar-refractivity contribution >= 4 is 11.8 Å². The fourth-order valence-corrected chi connectivity index (χ4v) is 2.74. The van der Waals surface area contributed by atoms with Crippen LogP contribution < -0.4 is 10.6 Å². The number of amides is 2. The minimum Gasteiger partial charge on any atom is -0.388 e. The Balaban J connectivity index is 1.75. The Bertz CT molecular complexity index is 314. The highest BCUT2D eigenvalue weighted by molar-refractivity contribution is 5.83. The topological polar surface area (TPSA) is 78.4 Å². The van der Waals surface area contributed by atoms with Crippen molar-refractivity contribution in [3.8, 4) is 0 Å². The molecule has 2 fully saturated rings. The molecule has 1 atom stereocenters. The molecule has 1 heterocycles. The molecule has 1 aliphatic heterocycles. The number of hydrogen-bond donors (Lipinski definition) is 3. The third-order valence-electron chi connectivity index (χ3n) is 4.01. The number of carbonyl (C=O) groups excluding carboxylic acids is 2. The molecule has 2 amide bonds. The molecule has 1 saturated carbocycles. The molecule has 18 heavy (non-hydrogen) atoms. The highest BCUT2D eigenvalue weighted by Crippen LogP contribution is 2.27. The van der Waals surface area contributed by atoms with Crippen LogP contribution >= 0.6 is 0 Å². The van der Waals surface area contributed by atoms with Gasteiger partial charge < -0.3 is 15.7 Å². The number of hydrogen-bond acceptors (Lipinski definition) is 3. The highest BCUT2D eigenvalue weighted by Gasteiger charge is 2.31. The summed E-state index contributed by atoms with van der Waals surface area (Å²) in [5, 5.41) is 15.8. The molecule has 102 valence electrons. The minimum atomic E-state index is -0.716. The third kappa shape index (κ3) is 3.45. The Morgan fingerprint density at radius 1 is 1.39 bits per heavy atom. The minimum absolute atomic E-state index is 0.0185. The van der Waals surface area contributed by atoms with Crippen molar-refractivity contribution in [2.24, 2.45) is 5.92 Å². The second kappa shape index (κ2) is 5.69. The van der Waals surface area contributed by atoms with Gasteiger partial charge in [-0.2, -0.15) is 0 Å². The lowest BCUT2D eigenvalue weighted by Gasteiger charge is -2.33. The summed E-state index contributed by atoms with van der Waals surface area (Å²) in [6, 6.07) is 0. The molecule has 5 nitrogen and oxygen atoms in total. The fraction of sp³-hybridized carbons (Fsp3) is 0.846. The van der Waals surface area contributed by atoms with Crippen molar-refractivity contribution < 1.29 is 14.7 Å². The van der Waals surface area contributed by atoms with E-state index in [-0.39, 0.29) is 17.7 Å². The SMILES string of the molecule is O=C1CCC(C(=O)NCC2(O)CCCCC2)CN1. The van der Waals surface area contributed by atoms with E-state index in [1.165, 1.54) is 6.42 Å². The Labute approximate surface area is 107 Å². The van der Waals surface area contributed by atoms with Crippen LogP contribution in [0.25, 0.3) is 0 Å². The number of carbonyl (C=O) groups is 2. The quantitative estimate of drug-likeness (QED) is 0.679. The summed E-state index contributed by atoms with van der Waals surface area (Å²) in [6.45, 7) is 0.763. The maximum absolute atomic E-state index is 11.9. The Hall–Kier alpha value is -1.10. The van der Waals surface area contributed by atoms with E-state index < -0.39 is 5.60 Å². The molecular formula is C13H22N2O3. The van der Waals surface area contributed by atoms with E-state index in [9.17, 15) is 14.7 Å². The number of rotatable bonds is 3. The summed E-state index contributed by atoms with van der Waals surface area (Å²) in [6.07, 6.45) is 5.81. The Morgan fingerprint density at radius 3 is 2.72 bits per heavy atom. The summed E-state index contributed by atoms with van der Waals surface area (Å²) >= 11 is 0. The standard InChI is InChI=1S/C13H22N2O3/c16-11-5-4-10(8-14-11)12(17)15-9-13(18)6-2-1-3-7-13/h10,18H,1-9H2,(H,14,16)(H,15,17). The number of piperidine rings is 1. The summed E-state index contributed by atoms with van der Waals surface area (Å²) in [5.74, 6) is -0.172. The van der Waals surface area contributed by atoms with E-state index in [0.717, 1.165) is 25.7 Å². The number of aliphatic hydroxyl groups is 1. The first-order valence-corrected chi connectivity index (χ1v) is 6.86. The van der Waals surface area contributed by atoms with Gasteiger partial charge in [-0.15, -0.1) is 0 Å². The Kier molecular flexibility index (Phi) is 4.22. The van der Waals surface area contributed by atoms with Gasteiger partial charge in [-0.25, -0.2) is 0 Å². The molecule has 1 unspecified atom stereocenters. The smallest absolute Gasteiger partial charge is 0.225 e. The molecule has 1 saturated heterocycles. The van der Waals surface area contributed by atoms with Crippen molar-refractivity contribution in [1.82, 2.24) is 10.6 Å². The van der Waals surface area contributed by atoms with Gasteiger partial charge in [0.25, 0.3) is 0 Å². The molecule has 1 aliphatic carbocycles. The maximum atomic E-state index is 11.9. The van der Waals surface area contributed by atoms with Crippen LogP contribution in [0.4, 0.5) is 0 Å². The summed E-state index contributed by atoms with van der Waals surface area (Å²) < 4.78 is 0. The van der Waals surface area contributed by atoms with Gasteiger partial charge in [0.05, 0.1) is 11.5 Å². The molecule has 2 aliphatic rings. The van der Waals surface area contributed by atoms with Crippen LogP contribution in [-0.2, 0) is 9.59 Å². The molecule has 0 aromatic rings. The van der Waals surface area contributed by atoms with Crippen LogP contribution in [0.3, 0.4) is 0 Å². The van der Waals surface area contributed by atoms with Gasteiger partial charge in [-0.1, -0.05) is 19.3 Å². The van der Waals surface area contributed by atoms with E-state index in [4.69, 9.17) is 0 Å². The van der Waals surface area contributed by atoms with Crippen LogP contribution in [0.15, 0.2) is 0 Å². The van der Waals surface area contributed by atoms with Crippen LogP contribution in [0.5, 0.6) is 0 Å². The maximum Gasteiger partial charge on any atom is 0.225 e. The van der Waals surface area contributed by atoms with E-state index in [0.29, 0.717) is 25.9 Å². The molecule has 0 bridgehead atoms. The lowest BCUT2D eigenvalue weighted by Crippen LogP contribution is -2.48. The van der Waals surface area contributed by atoms with Crippen molar-refractivity contribution in [3.05, 3.63) is 0 Å². The summed E-state index contributed by atoms with van der Waals surface area (Å²) in [7, 11) is 0. The van der Waals surface area contributed by atoms with Gasteiger partial charge in [-0.05, 0) is 19.3 Å². The predicted molar refractivity (Wildman–Crippen MR) is 66.8 cm³/mol. The third-order valence-corrected chi connectivity index (χ3v) is 4.01. The van der Waals surface area contributed by atoms with Gasteiger partial charge in [0.1, 0.15) is 0 Å². The van der Waals surface area contributed by atoms with Crippen molar-refractivity contribution in [1.29, 1.82) is 0 Å². The summed E-state index contributed by atoms with van der Waals surface area (Å²) in [4.78, 5) is 22.9. The van der Waals surface area contributed by atoms with Gasteiger partial charge >= 0.3 is 0 Å². The average molecular weight is 254 g/mol. The first-order valence-electron chi connectivity index (χ1n) is 6.86. The molecule has 2 rings (SSSR count). The van der Waals surface area contributed by atoms with Crippen LogP contribution in [-0.4, -0.2) is 35.6 Å². The predicted octanol–water partition coefficient (Wildman–Crippen LogP) is 0.324. The molecule has 0 radical (unpaired) electrons. The first-order chi connectivity index (χ1) is 8.59. The monoisotopic (exact) mass is 254 g/mol. The van der Waals surface area contributed by atoms with Crippen LogP contribution in [0, 0.1) is 5.92 Å². The molecule has 5 heteroatoms. The average Bonchev–Trinajstić information content (AvgIpc) is 2.38.